The normalized spacial score (nSPS) is 12.0. The standard InChI is InChI=1S/C46H36N2/c47-39-27-21-37(22-28-39)19-13-33-9-15-35(16-10-33)25-31-45-41-5-1-2-6-42(41)46(44-8-4-3-7-43(44)45)32-26-36-17-11-34(12-18-36)14-20-38-23-29-40(48)30-24-38/h1-32H,47-48H2. The molecular weight excluding hydrogens is 581 g/mol. The van der Waals surface area contributed by atoms with E-state index in [0.29, 0.717) is 0 Å². The second-order valence-electron chi connectivity index (χ2n) is 11.9. The van der Waals surface area contributed by atoms with Gasteiger partial charge in [-0.2, -0.15) is 0 Å². The summed E-state index contributed by atoms with van der Waals surface area (Å²) in [4.78, 5) is 0. The number of nitrogens with two attached hydrogens (primary N) is 2. The molecule has 0 saturated heterocycles. The second-order valence-corrected chi connectivity index (χ2v) is 11.9. The van der Waals surface area contributed by atoms with Gasteiger partial charge in [0.25, 0.3) is 0 Å². The van der Waals surface area contributed by atoms with Crippen molar-refractivity contribution in [3.8, 4) is 0 Å². The first kappa shape index (κ1) is 30.3. The van der Waals surface area contributed by atoms with Crippen LogP contribution in [0.25, 0.3) is 70.2 Å². The van der Waals surface area contributed by atoms with Crippen LogP contribution in [0.15, 0.2) is 146 Å². The fraction of sp³-hybridized carbons (Fsp3) is 0. The molecule has 0 aliphatic carbocycles. The Bertz CT molecular complexity index is 2080. The van der Waals surface area contributed by atoms with Crippen LogP contribution in [0.3, 0.4) is 0 Å². The molecule has 48 heavy (non-hydrogen) atoms. The van der Waals surface area contributed by atoms with Crippen LogP contribution in [-0.2, 0) is 0 Å². The van der Waals surface area contributed by atoms with Crippen molar-refractivity contribution in [1.82, 2.24) is 0 Å². The van der Waals surface area contributed by atoms with Gasteiger partial charge in [0.2, 0.25) is 0 Å². The van der Waals surface area contributed by atoms with Gasteiger partial charge in [-0.1, -0.05) is 170 Å². The zero-order chi connectivity index (χ0) is 32.7. The minimum absolute atomic E-state index is 0.775. The van der Waals surface area contributed by atoms with E-state index in [9.17, 15) is 0 Å². The Morgan fingerprint density at radius 2 is 0.458 bits per heavy atom. The van der Waals surface area contributed by atoms with Crippen molar-refractivity contribution in [2.45, 2.75) is 0 Å². The van der Waals surface area contributed by atoms with E-state index < -0.39 is 0 Å². The zero-order valence-corrected chi connectivity index (χ0v) is 26.6. The summed E-state index contributed by atoms with van der Waals surface area (Å²) in [5.74, 6) is 0. The summed E-state index contributed by atoms with van der Waals surface area (Å²) in [5.41, 5.74) is 22.5. The number of hydrogen-bond donors (Lipinski definition) is 2. The van der Waals surface area contributed by atoms with E-state index in [4.69, 9.17) is 11.5 Å². The summed E-state index contributed by atoms with van der Waals surface area (Å²) in [5, 5.41) is 4.94. The predicted octanol–water partition coefficient (Wildman–Crippen LogP) is 11.8. The average Bonchev–Trinajstić information content (AvgIpc) is 3.13. The molecule has 0 atom stereocenters. The van der Waals surface area contributed by atoms with Crippen LogP contribution in [0.1, 0.15) is 44.5 Å². The van der Waals surface area contributed by atoms with Gasteiger partial charge in [0.15, 0.2) is 0 Å². The number of nitrogen functional groups attached to an aromatic ring is 2. The van der Waals surface area contributed by atoms with Crippen molar-refractivity contribution in [1.29, 1.82) is 0 Å². The molecule has 0 radical (unpaired) electrons. The lowest BCUT2D eigenvalue weighted by Gasteiger charge is -2.13. The summed E-state index contributed by atoms with van der Waals surface area (Å²) in [6.45, 7) is 0. The summed E-state index contributed by atoms with van der Waals surface area (Å²) in [6, 6.07) is 50.5. The van der Waals surface area contributed by atoms with Gasteiger partial charge in [-0.25, -0.2) is 0 Å². The van der Waals surface area contributed by atoms with E-state index in [1.165, 1.54) is 32.7 Å². The number of rotatable bonds is 8. The first-order valence-electron chi connectivity index (χ1n) is 16.2. The minimum Gasteiger partial charge on any atom is -0.399 e. The quantitative estimate of drug-likeness (QED) is 0.101. The average molecular weight is 617 g/mol. The molecule has 230 valence electrons. The Balaban J connectivity index is 1.15. The fourth-order valence-corrected chi connectivity index (χ4v) is 5.95. The van der Waals surface area contributed by atoms with Crippen molar-refractivity contribution >= 4 is 81.5 Å². The molecule has 0 fully saturated rings. The van der Waals surface area contributed by atoms with E-state index in [1.807, 2.05) is 48.5 Å². The lowest BCUT2D eigenvalue weighted by atomic mass is 9.90. The topological polar surface area (TPSA) is 52.0 Å². The highest BCUT2D eigenvalue weighted by Crippen LogP contribution is 2.35. The molecule has 0 unspecified atom stereocenters. The van der Waals surface area contributed by atoms with E-state index in [0.717, 1.165) is 44.8 Å². The van der Waals surface area contributed by atoms with Gasteiger partial charge in [-0.05, 0) is 90.3 Å². The predicted molar refractivity (Wildman–Crippen MR) is 212 cm³/mol. The van der Waals surface area contributed by atoms with Crippen LogP contribution in [0.5, 0.6) is 0 Å². The van der Waals surface area contributed by atoms with Crippen LogP contribution >= 0.6 is 0 Å². The first-order valence-corrected chi connectivity index (χ1v) is 16.2. The van der Waals surface area contributed by atoms with Gasteiger partial charge in [-0.3, -0.25) is 0 Å². The van der Waals surface area contributed by atoms with Crippen molar-refractivity contribution in [3.05, 3.63) is 190 Å². The molecule has 0 aliphatic heterocycles. The third-order valence-electron chi connectivity index (χ3n) is 8.58. The van der Waals surface area contributed by atoms with Crippen molar-refractivity contribution in [3.63, 3.8) is 0 Å². The largest absolute Gasteiger partial charge is 0.399 e. The maximum absolute atomic E-state index is 5.82. The highest BCUT2D eigenvalue weighted by Gasteiger charge is 2.10. The van der Waals surface area contributed by atoms with Crippen LogP contribution in [0.4, 0.5) is 11.4 Å². The summed E-state index contributed by atoms with van der Waals surface area (Å²) in [7, 11) is 0. The third-order valence-corrected chi connectivity index (χ3v) is 8.58. The summed E-state index contributed by atoms with van der Waals surface area (Å²) >= 11 is 0. The highest BCUT2D eigenvalue weighted by atomic mass is 14.5. The van der Waals surface area contributed by atoms with Crippen LogP contribution in [0, 0.1) is 0 Å². The molecule has 2 heteroatoms. The second kappa shape index (κ2) is 13.9. The van der Waals surface area contributed by atoms with Crippen molar-refractivity contribution in [2.24, 2.45) is 0 Å². The zero-order valence-electron chi connectivity index (χ0n) is 26.6. The fourth-order valence-electron chi connectivity index (χ4n) is 5.95. The third kappa shape index (κ3) is 7.04. The maximum Gasteiger partial charge on any atom is 0.0314 e. The van der Waals surface area contributed by atoms with Gasteiger partial charge in [0, 0.05) is 11.4 Å². The monoisotopic (exact) mass is 616 g/mol. The Hall–Kier alpha value is -6.38. The van der Waals surface area contributed by atoms with Gasteiger partial charge in [-0.15, -0.1) is 0 Å². The van der Waals surface area contributed by atoms with Crippen molar-refractivity contribution in [2.75, 3.05) is 11.5 Å². The smallest absolute Gasteiger partial charge is 0.0314 e. The van der Waals surface area contributed by atoms with Gasteiger partial charge in [0.1, 0.15) is 0 Å². The maximum atomic E-state index is 5.82. The molecule has 0 aromatic heterocycles. The van der Waals surface area contributed by atoms with Gasteiger partial charge >= 0.3 is 0 Å². The molecular formula is C46H36N2. The number of fused-ring (bicyclic) bond motifs is 2. The molecule has 0 heterocycles. The number of benzene rings is 7. The number of hydrogen-bond acceptors (Lipinski definition) is 2. The molecule has 7 rings (SSSR count). The molecule has 0 amide bonds. The lowest BCUT2D eigenvalue weighted by Crippen LogP contribution is -1.88. The summed E-state index contributed by atoms with van der Waals surface area (Å²) < 4.78 is 0. The molecule has 0 bridgehead atoms. The van der Waals surface area contributed by atoms with Crippen LogP contribution in [0.2, 0.25) is 0 Å². The van der Waals surface area contributed by atoms with E-state index >= 15 is 0 Å². The SMILES string of the molecule is Nc1ccc(C=Cc2ccc(C=Cc3c4ccccc4c(C=Cc4ccc(C=Cc5ccc(N)cc5)cc4)c4ccccc34)cc2)cc1. The Morgan fingerprint density at radius 3 is 0.708 bits per heavy atom. The van der Waals surface area contributed by atoms with Crippen molar-refractivity contribution < 1.29 is 0 Å². The molecule has 2 nitrogen and oxygen atoms in total. The van der Waals surface area contributed by atoms with E-state index in [-0.39, 0.29) is 0 Å². The molecule has 0 aliphatic rings. The highest BCUT2D eigenvalue weighted by molar-refractivity contribution is 6.14. The number of anilines is 2. The molecule has 4 N–H and O–H groups in total. The van der Waals surface area contributed by atoms with E-state index in [1.54, 1.807) is 0 Å². The van der Waals surface area contributed by atoms with Gasteiger partial charge in [0.05, 0.1) is 0 Å². The molecule has 7 aromatic carbocycles. The Labute approximate surface area is 282 Å². The van der Waals surface area contributed by atoms with Crippen LogP contribution < -0.4 is 11.5 Å². The molecule has 0 saturated carbocycles. The van der Waals surface area contributed by atoms with Gasteiger partial charge < -0.3 is 11.5 Å². The summed E-state index contributed by atoms with van der Waals surface area (Å²) in [6.07, 6.45) is 17.4. The Morgan fingerprint density at radius 1 is 0.250 bits per heavy atom. The van der Waals surface area contributed by atoms with Crippen LogP contribution in [-0.4, -0.2) is 0 Å². The Kier molecular flexibility index (Phi) is 8.80. The molecule has 0 spiro atoms. The first-order chi connectivity index (χ1) is 23.6. The van der Waals surface area contributed by atoms with E-state index in [2.05, 4.69) is 146 Å². The minimum atomic E-state index is 0.775. The lowest BCUT2D eigenvalue weighted by molar-refractivity contribution is 1.62. The molecule has 7 aromatic rings.